The SMILES string of the molecule is CCC1(OC(=O)C(=O)Cl)CCCCC1. The van der Waals surface area contributed by atoms with Crippen LogP contribution in [0, 0.1) is 0 Å². The van der Waals surface area contributed by atoms with E-state index in [2.05, 4.69) is 0 Å². The van der Waals surface area contributed by atoms with E-state index in [1.165, 1.54) is 6.42 Å². The van der Waals surface area contributed by atoms with E-state index in [1.807, 2.05) is 6.92 Å². The molecule has 1 saturated carbocycles. The predicted octanol–water partition coefficient (Wildman–Crippen LogP) is 2.41. The Morgan fingerprint density at radius 1 is 1.29 bits per heavy atom. The summed E-state index contributed by atoms with van der Waals surface area (Å²) in [6, 6.07) is 0. The molecule has 1 aliphatic carbocycles. The van der Waals surface area contributed by atoms with Crippen molar-refractivity contribution in [3.8, 4) is 0 Å². The number of carbonyl (C=O) groups is 2. The van der Waals surface area contributed by atoms with Crippen LogP contribution in [-0.2, 0) is 14.3 Å². The van der Waals surface area contributed by atoms with E-state index in [-0.39, 0.29) is 0 Å². The Kier molecular flexibility index (Phi) is 3.93. The van der Waals surface area contributed by atoms with E-state index in [0.29, 0.717) is 0 Å². The zero-order valence-corrected chi connectivity index (χ0v) is 9.10. The minimum absolute atomic E-state index is 0.431. The van der Waals surface area contributed by atoms with E-state index in [4.69, 9.17) is 16.3 Å². The maximum atomic E-state index is 11.1. The molecular formula is C10H15ClO3. The third-order valence-electron chi connectivity index (χ3n) is 2.88. The number of hydrogen-bond donors (Lipinski definition) is 0. The van der Waals surface area contributed by atoms with Crippen molar-refractivity contribution >= 4 is 22.8 Å². The number of halogens is 1. The van der Waals surface area contributed by atoms with Crippen molar-refractivity contribution in [3.63, 3.8) is 0 Å². The van der Waals surface area contributed by atoms with Gasteiger partial charge in [-0.05, 0) is 43.7 Å². The lowest BCUT2D eigenvalue weighted by atomic mass is 9.83. The molecule has 80 valence electrons. The van der Waals surface area contributed by atoms with Crippen molar-refractivity contribution in [2.24, 2.45) is 0 Å². The molecule has 1 aliphatic rings. The molecule has 0 aliphatic heterocycles. The van der Waals surface area contributed by atoms with Crippen molar-refractivity contribution in [2.45, 2.75) is 51.0 Å². The lowest BCUT2D eigenvalue weighted by Crippen LogP contribution is -2.37. The monoisotopic (exact) mass is 218 g/mol. The first kappa shape index (κ1) is 11.5. The first-order valence-electron chi connectivity index (χ1n) is 5.02. The smallest absolute Gasteiger partial charge is 0.391 e. The van der Waals surface area contributed by atoms with Crippen LogP contribution in [0.1, 0.15) is 45.4 Å². The fourth-order valence-corrected chi connectivity index (χ4v) is 2.00. The Morgan fingerprint density at radius 2 is 1.86 bits per heavy atom. The molecule has 0 bridgehead atoms. The van der Waals surface area contributed by atoms with Crippen LogP contribution in [0.3, 0.4) is 0 Å². The second-order valence-electron chi connectivity index (χ2n) is 3.76. The molecule has 0 radical (unpaired) electrons. The summed E-state index contributed by atoms with van der Waals surface area (Å²) in [6.07, 6.45) is 5.73. The predicted molar refractivity (Wildman–Crippen MR) is 53.1 cm³/mol. The van der Waals surface area contributed by atoms with Crippen molar-refractivity contribution in [2.75, 3.05) is 0 Å². The highest BCUT2D eigenvalue weighted by atomic mass is 35.5. The van der Waals surface area contributed by atoms with Crippen LogP contribution in [0.25, 0.3) is 0 Å². The van der Waals surface area contributed by atoms with Gasteiger partial charge in [0.15, 0.2) is 0 Å². The zero-order chi connectivity index (χ0) is 10.6. The third kappa shape index (κ3) is 2.71. The molecule has 0 atom stereocenters. The quantitative estimate of drug-likeness (QED) is 0.415. The molecule has 1 fully saturated rings. The van der Waals surface area contributed by atoms with Crippen LogP contribution >= 0.6 is 11.6 Å². The molecule has 0 aromatic heterocycles. The average molecular weight is 219 g/mol. The molecule has 0 amide bonds. The van der Waals surface area contributed by atoms with Crippen molar-refractivity contribution in [3.05, 3.63) is 0 Å². The number of hydrogen-bond acceptors (Lipinski definition) is 3. The van der Waals surface area contributed by atoms with Gasteiger partial charge in [0.1, 0.15) is 5.60 Å². The summed E-state index contributed by atoms with van der Waals surface area (Å²) in [4.78, 5) is 21.6. The molecule has 1 rings (SSSR count). The van der Waals surface area contributed by atoms with Gasteiger partial charge < -0.3 is 4.74 Å². The fraction of sp³-hybridized carbons (Fsp3) is 0.800. The standard InChI is InChI=1S/C10H15ClO3/c1-2-10(6-4-3-5-7-10)14-9(13)8(11)12/h2-7H2,1H3. The second-order valence-corrected chi connectivity index (χ2v) is 4.10. The summed E-state index contributed by atoms with van der Waals surface area (Å²) < 4.78 is 5.17. The van der Waals surface area contributed by atoms with Crippen molar-refractivity contribution < 1.29 is 14.3 Å². The fourth-order valence-electron chi connectivity index (χ4n) is 1.96. The third-order valence-corrected chi connectivity index (χ3v) is 3.03. The van der Waals surface area contributed by atoms with Crippen LogP contribution in [0.15, 0.2) is 0 Å². The van der Waals surface area contributed by atoms with E-state index >= 15 is 0 Å². The number of rotatable bonds is 3. The molecule has 0 unspecified atom stereocenters. The summed E-state index contributed by atoms with van der Waals surface area (Å²) in [5, 5.41) is -1.02. The Labute approximate surface area is 88.8 Å². The van der Waals surface area contributed by atoms with Crippen LogP contribution < -0.4 is 0 Å². The average Bonchev–Trinajstić information content (AvgIpc) is 2.19. The highest BCUT2D eigenvalue weighted by Gasteiger charge is 2.35. The van der Waals surface area contributed by atoms with Gasteiger partial charge in [-0.3, -0.25) is 4.79 Å². The maximum absolute atomic E-state index is 11.1. The lowest BCUT2D eigenvalue weighted by Gasteiger charge is -2.35. The van der Waals surface area contributed by atoms with Gasteiger partial charge in [0.25, 0.3) is 0 Å². The van der Waals surface area contributed by atoms with Gasteiger partial charge in [0.05, 0.1) is 0 Å². The van der Waals surface area contributed by atoms with E-state index in [9.17, 15) is 9.59 Å². The normalized spacial score (nSPS) is 20.1. The Balaban J connectivity index is 2.60. The van der Waals surface area contributed by atoms with Gasteiger partial charge in [-0.1, -0.05) is 13.3 Å². The van der Waals surface area contributed by atoms with Gasteiger partial charge >= 0.3 is 11.2 Å². The van der Waals surface area contributed by atoms with Crippen LogP contribution in [-0.4, -0.2) is 16.8 Å². The van der Waals surface area contributed by atoms with Gasteiger partial charge in [0.2, 0.25) is 0 Å². The summed E-state index contributed by atoms with van der Waals surface area (Å²) in [7, 11) is 0. The minimum Gasteiger partial charge on any atom is -0.452 e. The summed E-state index contributed by atoms with van der Waals surface area (Å²) in [6.45, 7) is 1.97. The van der Waals surface area contributed by atoms with Gasteiger partial charge in [-0.2, -0.15) is 0 Å². The summed E-state index contributed by atoms with van der Waals surface area (Å²) in [5.74, 6) is -0.907. The van der Waals surface area contributed by atoms with Crippen LogP contribution in [0.5, 0.6) is 0 Å². The van der Waals surface area contributed by atoms with Crippen molar-refractivity contribution in [1.82, 2.24) is 0 Å². The minimum atomic E-state index is -1.02. The van der Waals surface area contributed by atoms with E-state index in [1.54, 1.807) is 0 Å². The molecule has 0 aromatic rings. The topological polar surface area (TPSA) is 43.4 Å². The highest BCUT2D eigenvalue weighted by molar-refractivity contribution is 6.80. The number of ether oxygens (including phenoxy) is 1. The largest absolute Gasteiger partial charge is 0.452 e. The molecular weight excluding hydrogens is 204 g/mol. The first-order chi connectivity index (χ1) is 6.59. The van der Waals surface area contributed by atoms with Crippen LogP contribution in [0.4, 0.5) is 0 Å². The molecule has 4 heteroatoms. The van der Waals surface area contributed by atoms with Crippen LogP contribution in [0.2, 0.25) is 0 Å². The molecule has 0 saturated heterocycles. The molecule has 0 aromatic carbocycles. The number of carbonyl (C=O) groups excluding carboxylic acids is 2. The number of esters is 1. The lowest BCUT2D eigenvalue weighted by molar-refractivity contribution is -0.166. The van der Waals surface area contributed by atoms with Gasteiger partial charge in [-0.15, -0.1) is 0 Å². The Hall–Kier alpha value is -0.570. The summed E-state index contributed by atoms with van der Waals surface area (Å²) in [5.41, 5.74) is -0.431. The molecule has 0 heterocycles. The van der Waals surface area contributed by atoms with Crippen molar-refractivity contribution in [1.29, 1.82) is 0 Å². The molecule has 3 nitrogen and oxygen atoms in total. The summed E-state index contributed by atoms with van der Waals surface area (Å²) >= 11 is 5.05. The molecule has 0 spiro atoms. The van der Waals surface area contributed by atoms with Gasteiger partial charge in [0, 0.05) is 0 Å². The zero-order valence-electron chi connectivity index (χ0n) is 8.35. The van der Waals surface area contributed by atoms with Gasteiger partial charge in [-0.25, -0.2) is 4.79 Å². The molecule has 14 heavy (non-hydrogen) atoms. The second kappa shape index (κ2) is 4.78. The highest BCUT2D eigenvalue weighted by Crippen LogP contribution is 2.34. The van der Waals surface area contributed by atoms with E-state index < -0.39 is 16.8 Å². The molecule has 0 N–H and O–H groups in total. The first-order valence-corrected chi connectivity index (χ1v) is 5.40. The Bertz CT molecular complexity index is 232. The van der Waals surface area contributed by atoms with E-state index in [0.717, 1.165) is 32.1 Å². The Morgan fingerprint density at radius 3 is 2.29 bits per heavy atom. The maximum Gasteiger partial charge on any atom is 0.391 e.